The molecule has 4 rings (SSSR count). The van der Waals surface area contributed by atoms with Crippen LogP contribution in [0, 0.1) is 5.41 Å². The molecule has 0 radical (unpaired) electrons. The highest BCUT2D eigenvalue weighted by atomic mass is 19.4. The zero-order valence-electron chi connectivity index (χ0n) is 11.0. The van der Waals surface area contributed by atoms with Gasteiger partial charge in [-0.25, -0.2) is 0 Å². The number of nitrogens with one attached hydrogen (secondary N) is 1. The first-order chi connectivity index (χ1) is 9.47. The lowest BCUT2D eigenvalue weighted by atomic mass is 9.63. The van der Waals surface area contributed by atoms with Crippen molar-refractivity contribution < 1.29 is 17.9 Å². The largest absolute Gasteiger partial charge is 0.488 e. The van der Waals surface area contributed by atoms with Gasteiger partial charge in [0.05, 0.1) is 11.6 Å². The van der Waals surface area contributed by atoms with Gasteiger partial charge in [0.15, 0.2) is 0 Å². The highest BCUT2D eigenvalue weighted by Gasteiger charge is 2.49. The number of rotatable bonds is 0. The van der Waals surface area contributed by atoms with Gasteiger partial charge in [0.1, 0.15) is 11.9 Å². The van der Waals surface area contributed by atoms with Crippen LogP contribution in [0.15, 0.2) is 18.2 Å². The highest BCUT2D eigenvalue weighted by molar-refractivity contribution is 5.45. The molecule has 1 N–H and O–H groups in total. The molecule has 1 aromatic rings. The molecule has 2 heterocycles. The highest BCUT2D eigenvalue weighted by Crippen LogP contribution is 2.52. The minimum atomic E-state index is -4.31. The van der Waals surface area contributed by atoms with Gasteiger partial charge in [-0.3, -0.25) is 0 Å². The van der Waals surface area contributed by atoms with Crippen molar-refractivity contribution in [2.45, 2.75) is 44.0 Å². The third kappa shape index (κ3) is 1.75. The lowest BCUT2D eigenvalue weighted by Crippen LogP contribution is -2.51. The predicted octanol–water partition coefficient (Wildman–Crippen LogP) is 3.67. The second-order valence-corrected chi connectivity index (χ2v) is 6.32. The molecule has 1 spiro atoms. The van der Waals surface area contributed by atoms with E-state index in [0.29, 0.717) is 11.2 Å². The molecule has 20 heavy (non-hydrogen) atoms. The lowest BCUT2D eigenvalue weighted by molar-refractivity contribution is -0.137. The van der Waals surface area contributed by atoms with Crippen LogP contribution in [0.25, 0.3) is 0 Å². The minimum absolute atomic E-state index is 0.0115. The number of hydrogen-bond donors (Lipinski definition) is 1. The zero-order chi connectivity index (χ0) is 14.0. The fourth-order valence-corrected chi connectivity index (χ4v) is 3.79. The van der Waals surface area contributed by atoms with Gasteiger partial charge in [0, 0.05) is 12.1 Å². The molecule has 1 saturated heterocycles. The first kappa shape index (κ1) is 12.5. The molecule has 5 heteroatoms. The van der Waals surface area contributed by atoms with Gasteiger partial charge in [-0.1, -0.05) is 12.5 Å². The van der Waals surface area contributed by atoms with Crippen LogP contribution in [0.5, 0.6) is 5.75 Å². The molecular formula is C15H16F3NO. The summed E-state index contributed by atoms with van der Waals surface area (Å²) in [6.45, 7) is 0.956. The number of fused-ring (bicyclic) bond motifs is 3. The average molecular weight is 283 g/mol. The fraction of sp³-hybridized carbons (Fsp3) is 0.600. The van der Waals surface area contributed by atoms with E-state index in [0.717, 1.165) is 30.7 Å². The second kappa shape index (κ2) is 3.91. The SMILES string of the molecule is FC(F)(F)c1ccc2c(c1)OC1CC3(CCC3)CNC21. The average Bonchev–Trinajstić information content (AvgIpc) is 2.71. The van der Waals surface area contributed by atoms with Gasteiger partial charge in [0.2, 0.25) is 0 Å². The Bertz CT molecular complexity index is 551. The van der Waals surface area contributed by atoms with Gasteiger partial charge < -0.3 is 10.1 Å². The minimum Gasteiger partial charge on any atom is -0.488 e. The number of hydrogen-bond acceptors (Lipinski definition) is 2. The summed E-state index contributed by atoms with van der Waals surface area (Å²) < 4.78 is 44.0. The van der Waals surface area contributed by atoms with E-state index in [1.165, 1.54) is 19.3 Å². The molecule has 1 aromatic carbocycles. The number of piperidine rings is 1. The summed E-state index contributed by atoms with van der Waals surface area (Å²) in [6.07, 6.45) is 0.301. The van der Waals surface area contributed by atoms with Crippen LogP contribution in [-0.4, -0.2) is 12.6 Å². The maximum atomic E-state index is 12.7. The quantitative estimate of drug-likeness (QED) is 0.784. The van der Waals surface area contributed by atoms with Crippen molar-refractivity contribution in [3.8, 4) is 5.75 Å². The Morgan fingerprint density at radius 2 is 2.05 bits per heavy atom. The second-order valence-electron chi connectivity index (χ2n) is 6.32. The Morgan fingerprint density at radius 3 is 2.70 bits per heavy atom. The maximum Gasteiger partial charge on any atom is 0.416 e. The molecule has 3 aliphatic rings. The summed E-state index contributed by atoms with van der Waals surface area (Å²) in [6, 6.07) is 3.91. The molecule has 2 nitrogen and oxygen atoms in total. The number of halogens is 3. The molecule has 0 amide bonds. The summed E-state index contributed by atoms with van der Waals surface area (Å²) in [5.41, 5.74) is 0.571. The molecule has 1 saturated carbocycles. The first-order valence-corrected chi connectivity index (χ1v) is 7.08. The van der Waals surface area contributed by atoms with Gasteiger partial charge >= 0.3 is 6.18 Å². The topological polar surface area (TPSA) is 21.3 Å². The Kier molecular flexibility index (Phi) is 2.44. The maximum absolute atomic E-state index is 12.7. The Balaban J connectivity index is 1.63. The predicted molar refractivity (Wildman–Crippen MR) is 67.5 cm³/mol. The first-order valence-electron chi connectivity index (χ1n) is 7.08. The van der Waals surface area contributed by atoms with E-state index in [2.05, 4.69) is 5.32 Å². The van der Waals surface area contributed by atoms with Crippen LogP contribution in [0.2, 0.25) is 0 Å². The Hall–Kier alpha value is -1.23. The molecule has 2 atom stereocenters. The van der Waals surface area contributed by atoms with E-state index in [-0.39, 0.29) is 12.1 Å². The molecule has 2 unspecified atom stereocenters. The molecular weight excluding hydrogens is 267 g/mol. The number of benzene rings is 1. The fourth-order valence-electron chi connectivity index (χ4n) is 3.79. The summed E-state index contributed by atoms with van der Waals surface area (Å²) >= 11 is 0. The van der Waals surface area contributed by atoms with Crippen molar-refractivity contribution in [1.29, 1.82) is 0 Å². The molecule has 2 aliphatic heterocycles. The number of alkyl halides is 3. The van der Waals surface area contributed by atoms with Crippen molar-refractivity contribution in [1.82, 2.24) is 5.32 Å². The third-order valence-corrected chi connectivity index (χ3v) is 5.07. The van der Waals surface area contributed by atoms with Crippen LogP contribution in [-0.2, 0) is 6.18 Å². The van der Waals surface area contributed by atoms with E-state index in [9.17, 15) is 13.2 Å². The smallest absolute Gasteiger partial charge is 0.416 e. The van der Waals surface area contributed by atoms with Gasteiger partial charge in [-0.15, -0.1) is 0 Å². The van der Waals surface area contributed by atoms with Crippen molar-refractivity contribution in [3.63, 3.8) is 0 Å². The van der Waals surface area contributed by atoms with Crippen molar-refractivity contribution in [2.75, 3.05) is 6.54 Å². The van der Waals surface area contributed by atoms with Crippen LogP contribution < -0.4 is 10.1 Å². The van der Waals surface area contributed by atoms with E-state index in [1.807, 2.05) is 0 Å². The zero-order valence-corrected chi connectivity index (χ0v) is 11.0. The van der Waals surface area contributed by atoms with E-state index < -0.39 is 11.7 Å². The van der Waals surface area contributed by atoms with E-state index in [1.54, 1.807) is 6.07 Å². The summed E-state index contributed by atoms with van der Waals surface area (Å²) in [5.74, 6) is 0.402. The monoisotopic (exact) mass is 283 g/mol. The standard InChI is InChI=1S/C15H16F3NO/c16-15(17,18)9-2-3-10-11(6-9)20-12-7-14(4-1-5-14)8-19-13(10)12/h2-3,6,12-13,19H,1,4-5,7-8H2. The van der Waals surface area contributed by atoms with Crippen molar-refractivity contribution >= 4 is 0 Å². The molecule has 2 fully saturated rings. The third-order valence-electron chi connectivity index (χ3n) is 5.07. The van der Waals surface area contributed by atoms with Gasteiger partial charge in [-0.05, 0) is 36.8 Å². The Labute approximate surface area is 115 Å². The van der Waals surface area contributed by atoms with Crippen molar-refractivity contribution in [2.24, 2.45) is 5.41 Å². The molecule has 0 bridgehead atoms. The number of ether oxygens (including phenoxy) is 1. The normalized spacial score (nSPS) is 30.4. The molecule has 0 aromatic heterocycles. The van der Waals surface area contributed by atoms with Crippen LogP contribution in [0.3, 0.4) is 0 Å². The van der Waals surface area contributed by atoms with E-state index in [4.69, 9.17) is 4.74 Å². The summed E-state index contributed by atoms with van der Waals surface area (Å²) in [7, 11) is 0. The molecule has 1 aliphatic carbocycles. The van der Waals surface area contributed by atoms with Gasteiger partial charge in [0.25, 0.3) is 0 Å². The Morgan fingerprint density at radius 1 is 1.25 bits per heavy atom. The van der Waals surface area contributed by atoms with Crippen LogP contribution >= 0.6 is 0 Å². The van der Waals surface area contributed by atoms with Gasteiger partial charge in [-0.2, -0.15) is 13.2 Å². The summed E-state index contributed by atoms with van der Waals surface area (Å²) in [5, 5.41) is 3.48. The van der Waals surface area contributed by atoms with Crippen molar-refractivity contribution in [3.05, 3.63) is 29.3 Å². The van der Waals surface area contributed by atoms with E-state index >= 15 is 0 Å². The van der Waals surface area contributed by atoms with Crippen LogP contribution in [0.1, 0.15) is 42.9 Å². The van der Waals surface area contributed by atoms with Crippen LogP contribution in [0.4, 0.5) is 13.2 Å². The summed E-state index contributed by atoms with van der Waals surface area (Å²) in [4.78, 5) is 0. The molecule has 108 valence electrons. The lowest BCUT2D eigenvalue weighted by Gasteiger charge is -2.48.